The molecule has 0 aliphatic carbocycles. The summed E-state index contributed by atoms with van der Waals surface area (Å²) in [6.45, 7) is 0.216. The van der Waals surface area contributed by atoms with Crippen LogP contribution in [0.25, 0.3) is 11.3 Å². The molecule has 0 atom stereocenters. The molecule has 0 aliphatic heterocycles. The number of methoxy groups -OCH3 is 1. The average molecular weight is 417 g/mol. The predicted molar refractivity (Wildman–Crippen MR) is 107 cm³/mol. The second-order valence-electron chi connectivity index (χ2n) is 6.36. The van der Waals surface area contributed by atoms with E-state index in [1.54, 1.807) is 18.2 Å². The lowest BCUT2D eigenvalue weighted by atomic mass is 10.1. The zero-order chi connectivity index (χ0) is 21.0. The molecule has 0 saturated heterocycles. The van der Waals surface area contributed by atoms with Gasteiger partial charge in [0.05, 0.1) is 12.8 Å². The Bertz CT molecular complexity index is 1100. The molecule has 3 rings (SSSR count). The van der Waals surface area contributed by atoms with E-state index in [0.29, 0.717) is 23.4 Å². The van der Waals surface area contributed by atoms with Crippen LogP contribution in [-0.2, 0) is 13.0 Å². The van der Waals surface area contributed by atoms with E-state index in [-0.39, 0.29) is 18.0 Å². The maximum absolute atomic E-state index is 14.0. The van der Waals surface area contributed by atoms with Crippen molar-refractivity contribution in [2.75, 3.05) is 7.11 Å². The second kappa shape index (κ2) is 8.87. The quantitative estimate of drug-likeness (QED) is 0.628. The van der Waals surface area contributed by atoms with Crippen LogP contribution in [0, 0.1) is 5.82 Å². The monoisotopic (exact) mass is 416 g/mol. The molecular weight excluding hydrogens is 399 g/mol. The van der Waals surface area contributed by atoms with Crippen molar-refractivity contribution >= 4 is 17.6 Å². The molecule has 29 heavy (non-hydrogen) atoms. The van der Waals surface area contributed by atoms with Crippen LogP contribution in [-0.4, -0.2) is 28.0 Å². The van der Waals surface area contributed by atoms with Crippen molar-refractivity contribution in [3.05, 3.63) is 80.9 Å². The summed E-state index contributed by atoms with van der Waals surface area (Å²) in [7, 11) is 1.35. The number of benzene rings is 2. The Morgan fingerprint density at radius 3 is 2.55 bits per heavy atom. The number of carboxylic acids is 1. The average Bonchev–Trinajstić information content (AvgIpc) is 2.70. The molecule has 0 saturated carbocycles. The van der Waals surface area contributed by atoms with E-state index in [1.165, 1.54) is 19.2 Å². The fourth-order valence-corrected chi connectivity index (χ4v) is 3.02. The van der Waals surface area contributed by atoms with Crippen LogP contribution in [0.3, 0.4) is 0 Å². The first kappa shape index (κ1) is 20.5. The summed E-state index contributed by atoms with van der Waals surface area (Å²) in [6, 6.07) is 12.7. The summed E-state index contributed by atoms with van der Waals surface area (Å²) in [5, 5.41) is 14.3. The number of aryl methyl sites for hydroxylation is 2. The highest BCUT2D eigenvalue weighted by Crippen LogP contribution is 2.24. The minimum absolute atomic E-state index is 0.0588. The van der Waals surface area contributed by atoms with E-state index in [9.17, 15) is 19.1 Å². The Morgan fingerprint density at radius 1 is 1.21 bits per heavy atom. The normalized spacial score (nSPS) is 10.7. The molecule has 6 nitrogen and oxygen atoms in total. The molecule has 0 unspecified atom stereocenters. The van der Waals surface area contributed by atoms with Crippen LogP contribution in [0.15, 0.2) is 53.3 Å². The lowest BCUT2D eigenvalue weighted by Gasteiger charge is -2.10. The highest BCUT2D eigenvalue weighted by atomic mass is 35.5. The van der Waals surface area contributed by atoms with Gasteiger partial charge in [0.2, 0.25) is 0 Å². The zero-order valence-electron chi connectivity index (χ0n) is 15.6. The molecule has 1 N–H and O–H groups in total. The topological polar surface area (TPSA) is 81.4 Å². The number of aromatic nitrogens is 2. The van der Waals surface area contributed by atoms with Crippen molar-refractivity contribution in [3.63, 3.8) is 0 Å². The van der Waals surface area contributed by atoms with Crippen LogP contribution in [0.2, 0.25) is 5.02 Å². The van der Waals surface area contributed by atoms with Gasteiger partial charge in [-0.2, -0.15) is 5.10 Å². The van der Waals surface area contributed by atoms with Gasteiger partial charge < -0.3 is 9.84 Å². The molecule has 0 bridgehead atoms. The summed E-state index contributed by atoms with van der Waals surface area (Å²) in [5.74, 6) is -1.91. The molecule has 0 radical (unpaired) electrons. The number of carboxylic acid groups (broad SMARTS) is 1. The summed E-state index contributed by atoms with van der Waals surface area (Å²) >= 11 is 5.87. The van der Waals surface area contributed by atoms with Gasteiger partial charge in [-0.15, -0.1) is 0 Å². The SMILES string of the molecule is COc1ccc(-c2cc(C(=O)O)c(=O)n(CCCc3ccc(Cl)cc3)n2)cc1F. The first-order valence-electron chi connectivity index (χ1n) is 8.83. The van der Waals surface area contributed by atoms with Crippen molar-refractivity contribution in [3.8, 4) is 17.0 Å². The highest BCUT2D eigenvalue weighted by Gasteiger charge is 2.16. The van der Waals surface area contributed by atoms with E-state index in [0.717, 1.165) is 16.3 Å². The second-order valence-corrected chi connectivity index (χ2v) is 6.79. The zero-order valence-corrected chi connectivity index (χ0v) is 16.3. The lowest BCUT2D eigenvalue weighted by molar-refractivity contribution is 0.0693. The number of aromatic carboxylic acids is 1. The minimum atomic E-state index is -1.36. The molecule has 0 fully saturated rings. The van der Waals surface area contributed by atoms with Gasteiger partial charge >= 0.3 is 5.97 Å². The molecule has 8 heteroatoms. The number of nitrogens with zero attached hydrogens (tertiary/aromatic N) is 2. The highest BCUT2D eigenvalue weighted by molar-refractivity contribution is 6.30. The number of ether oxygens (including phenoxy) is 1. The number of rotatable bonds is 7. The molecule has 0 spiro atoms. The lowest BCUT2D eigenvalue weighted by Crippen LogP contribution is -2.29. The fraction of sp³-hybridized carbons (Fsp3) is 0.190. The molecular formula is C21H18ClFN2O4. The first-order valence-corrected chi connectivity index (χ1v) is 9.20. The molecule has 0 amide bonds. The number of hydrogen-bond donors (Lipinski definition) is 1. The van der Waals surface area contributed by atoms with Crippen molar-refractivity contribution in [1.29, 1.82) is 0 Å². The summed E-state index contributed by atoms with van der Waals surface area (Å²) in [6.07, 6.45) is 1.23. The van der Waals surface area contributed by atoms with E-state index < -0.39 is 22.9 Å². The maximum atomic E-state index is 14.0. The smallest absolute Gasteiger partial charge is 0.341 e. The standard InChI is InChI=1S/C21H18ClFN2O4/c1-29-19-9-6-14(11-17(19)23)18-12-16(21(27)28)20(26)25(24-18)10-2-3-13-4-7-15(22)8-5-13/h4-9,11-12H,2-3,10H2,1H3,(H,27,28). The van der Waals surface area contributed by atoms with Crippen LogP contribution < -0.4 is 10.3 Å². The molecule has 150 valence electrons. The number of halogens is 2. The van der Waals surface area contributed by atoms with Gasteiger partial charge in [-0.05, 0) is 54.8 Å². The molecule has 3 aromatic rings. The Hall–Kier alpha value is -3.19. The largest absolute Gasteiger partial charge is 0.494 e. The summed E-state index contributed by atoms with van der Waals surface area (Å²) in [4.78, 5) is 24.0. The molecule has 1 aromatic heterocycles. The fourth-order valence-electron chi connectivity index (χ4n) is 2.90. The van der Waals surface area contributed by atoms with Crippen LogP contribution in [0.5, 0.6) is 5.75 Å². The Balaban J connectivity index is 1.90. The number of carbonyl (C=O) groups is 1. The van der Waals surface area contributed by atoms with Gasteiger partial charge in [0.25, 0.3) is 5.56 Å². The van der Waals surface area contributed by atoms with Crippen LogP contribution >= 0.6 is 11.6 Å². The molecule has 1 heterocycles. The third-order valence-electron chi connectivity index (χ3n) is 4.40. The van der Waals surface area contributed by atoms with Crippen molar-refractivity contribution in [2.24, 2.45) is 0 Å². The minimum Gasteiger partial charge on any atom is -0.494 e. The van der Waals surface area contributed by atoms with Gasteiger partial charge in [-0.25, -0.2) is 13.9 Å². The Kier molecular flexibility index (Phi) is 6.29. The van der Waals surface area contributed by atoms with E-state index in [1.807, 2.05) is 12.1 Å². The first-order chi connectivity index (χ1) is 13.9. The number of hydrogen-bond acceptors (Lipinski definition) is 4. The third-order valence-corrected chi connectivity index (χ3v) is 4.65. The van der Waals surface area contributed by atoms with Gasteiger partial charge in [0, 0.05) is 17.1 Å². The van der Waals surface area contributed by atoms with Gasteiger partial charge in [0.1, 0.15) is 5.56 Å². The van der Waals surface area contributed by atoms with E-state index in [4.69, 9.17) is 16.3 Å². The summed E-state index contributed by atoms with van der Waals surface area (Å²) < 4.78 is 20.0. The van der Waals surface area contributed by atoms with Gasteiger partial charge in [0.15, 0.2) is 11.6 Å². The van der Waals surface area contributed by atoms with Crippen LogP contribution in [0.1, 0.15) is 22.3 Å². The van der Waals surface area contributed by atoms with Gasteiger partial charge in [-0.1, -0.05) is 23.7 Å². The van der Waals surface area contributed by atoms with Gasteiger partial charge in [-0.3, -0.25) is 4.79 Å². The third kappa shape index (κ3) is 4.81. The molecule has 0 aliphatic rings. The predicted octanol–water partition coefficient (Wildman–Crippen LogP) is 4.04. The van der Waals surface area contributed by atoms with E-state index in [2.05, 4.69) is 5.10 Å². The molecule has 2 aromatic carbocycles. The van der Waals surface area contributed by atoms with Crippen molar-refractivity contribution in [1.82, 2.24) is 9.78 Å². The van der Waals surface area contributed by atoms with E-state index >= 15 is 0 Å². The summed E-state index contributed by atoms with van der Waals surface area (Å²) in [5.41, 5.74) is 0.450. The Labute approximate surface area is 171 Å². The van der Waals surface area contributed by atoms with Crippen LogP contribution in [0.4, 0.5) is 4.39 Å². The maximum Gasteiger partial charge on any atom is 0.341 e. The Morgan fingerprint density at radius 2 is 1.93 bits per heavy atom. The van der Waals surface area contributed by atoms with Crippen molar-refractivity contribution in [2.45, 2.75) is 19.4 Å². The van der Waals surface area contributed by atoms with Crippen molar-refractivity contribution < 1.29 is 19.0 Å².